The van der Waals surface area contributed by atoms with E-state index in [0.29, 0.717) is 11.4 Å². The summed E-state index contributed by atoms with van der Waals surface area (Å²) in [7, 11) is 0.953. The third-order valence-corrected chi connectivity index (χ3v) is 4.74. The smallest absolute Gasteiger partial charge is 0.471 e. The van der Waals surface area contributed by atoms with Gasteiger partial charge in [0.05, 0.1) is 11.9 Å². The van der Waals surface area contributed by atoms with Crippen LogP contribution in [0, 0.1) is 0 Å². The summed E-state index contributed by atoms with van der Waals surface area (Å²) >= 11 is 0. The number of aromatic nitrogens is 2. The fourth-order valence-electron chi connectivity index (χ4n) is 3.05. The van der Waals surface area contributed by atoms with E-state index in [1.807, 2.05) is 30.3 Å². The third-order valence-electron chi connectivity index (χ3n) is 4.74. The Kier molecular flexibility index (Phi) is 6.47. The molecule has 2 N–H and O–H groups in total. The molecule has 32 heavy (non-hydrogen) atoms. The minimum Gasteiger partial charge on any atom is -0.505 e. The molecular weight excluding hydrogens is 429 g/mol. The quantitative estimate of drug-likeness (QED) is 0.600. The summed E-state index contributed by atoms with van der Waals surface area (Å²) in [5.74, 6) is -3.42. The first-order chi connectivity index (χ1) is 15.1. The lowest BCUT2D eigenvalue weighted by Gasteiger charge is -2.18. The monoisotopic (exact) mass is 448 g/mol. The summed E-state index contributed by atoms with van der Waals surface area (Å²) in [6.07, 6.45) is -2.37. The lowest BCUT2D eigenvalue weighted by molar-refractivity contribution is -0.183. The molecule has 0 radical (unpaired) electrons. The van der Waals surface area contributed by atoms with E-state index in [2.05, 4.69) is 10.3 Å². The van der Waals surface area contributed by atoms with Crippen LogP contribution in [0.15, 0.2) is 53.6 Å². The maximum absolute atomic E-state index is 12.7. The Labute approximate surface area is 179 Å². The Hall–Kier alpha value is -3.89. The van der Waals surface area contributed by atoms with E-state index in [0.717, 1.165) is 18.8 Å². The number of hydrogen-bond acceptors (Lipinski definition) is 5. The number of aromatic hydroxyl groups is 1. The van der Waals surface area contributed by atoms with Crippen molar-refractivity contribution >= 4 is 22.6 Å². The molecule has 168 valence electrons. The fraction of sp³-hybridized carbons (Fsp3) is 0.238. The second-order valence-electron chi connectivity index (χ2n) is 7.00. The van der Waals surface area contributed by atoms with Gasteiger partial charge in [0.2, 0.25) is 0 Å². The molecular formula is C21H19F3N4O4. The van der Waals surface area contributed by atoms with Crippen LogP contribution in [0.5, 0.6) is 5.75 Å². The highest BCUT2D eigenvalue weighted by molar-refractivity contribution is 6.01. The SMILES string of the molecule is CN(CCNC(=O)c1ncc2c(=O)n(Cc3ccccc3)ccc2c1O)C(=O)C(F)(F)F. The van der Waals surface area contributed by atoms with Crippen LogP contribution in [-0.2, 0) is 11.3 Å². The van der Waals surface area contributed by atoms with Gasteiger partial charge in [-0.1, -0.05) is 30.3 Å². The van der Waals surface area contributed by atoms with Crippen molar-refractivity contribution in [2.45, 2.75) is 12.7 Å². The first-order valence-corrected chi connectivity index (χ1v) is 9.45. The van der Waals surface area contributed by atoms with Crippen LogP contribution in [0.4, 0.5) is 13.2 Å². The molecule has 0 unspecified atom stereocenters. The van der Waals surface area contributed by atoms with E-state index < -0.39 is 35.8 Å². The number of pyridine rings is 2. The number of halogens is 3. The normalized spacial score (nSPS) is 11.4. The Morgan fingerprint density at radius 1 is 1.16 bits per heavy atom. The molecule has 0 fully saturated rings. The van der Waals surface area contributed by atoms with Gasteiger partial charge in [0.25, 0.3) is 11.5 Å². The van der Waals surface area contributed by atoms with Crippen molar-refractivity contribution in [3.8, 4) is 5.75 Å². The number of carbonyl (C=O) groups excluding carboxylic acids is 2. The summed E-state index contributed by atoms with van der Waals surface area (Å²) < 4.78 is 38.6. The van der Waals surface area contributed by atoms with Gasteiger partial charge in [-0.25, -0.2) is 4.98 Å². The topological polar surface area (TPSA) is 105 Å². The van der Waals surface area contributed by atoms with Gasteiger partial charge in [0.15, 0.2) is 11.4 Å². The van der Waals surface area contributed by atoms with Crippen LogP contribution in [0.3, 0.4) is 0 Å². The summed E-state index contributed by atoms with van der Waals surface area (Å²) in [6.45, 7) is -0.389. The van der Waals surface area contributed by atoms with Gasteiger partial charge in [-0.05, 0) is 11.6 Å². The van der Waals surface area contributed by atoms with Crippen molar-refractivity contribution in [2.24, 2.45) is 0 Å². The van der Waals surface area contributed by atoms with Crippen LogP contribution in [0.25, 0.3) is 10.8 Å². The average Bonchev–Trinajstić information content (AvgIpc) is 2.75. The highest BCUT2D eigenvalue weighted by Crippen LogP contribution is 2.25. The fourth-order valence-corrected chi connectivity index (χ4v) is 3.05. The molecule has 0 spiro atoms. The van der Waals surface area contributed by atoms with Crippen molar-refractivity contribution in [3.05, 3.63) is 70.4 Å². The van der Waals surface area contributed by atoms with Crippen molar-refractivity contribution in [3.63, 3.8) is 0 Å². The molecule has 3 aromatic rings. The zero-order valence-electron chi connectivity index (χ0n) is 16.9. The largest absolute Gasteiger partial charge is 0.505 e. The lowest BCUT2D eigenvalue weighted by Crippen LogP contribution is -2.42. The van der Waals surface area contributed by atoms with E-state index in [1.165, 1.54) is 16.8 Å². The first-order valence-electron chi connectivity index (χ1n) is 9.45. The van der Waals surface area contributed by atoms with E-state index in [9.17, 15) is 32.7 Å². The number of nitrogens with zero attached hydrogens (tertiary/aromatic N) is 3. The van der Waals surface area contributed by atoms with E-state index in [1.54, 1.807) is 0 Å². The van der Waals surface area contributed by atoms with Crippen molar-refractivity contribution in [2.75, 3.05) is 20.1 Å². The number of alkyl halides is 3. The summed E-state index contributed by atoms with van der Waals surface area (Å²) in [5, 5.41) is 13.0. The Bertz CT molecular complexity index is 1210. The van der Waals surface area contributed by atoms with Gasteiger partial charge in [-0.3, -0.25) is 14.4 Å². The summed E-state index contributed by atoms with van der Waals surface area (Å²) in [6, 6.07) is 10.7. The van der Waals surface area contributed by atoms with Crippen molar-refractivity contribution in [1.82, 2.24) is 19.8 Å². The highest BCUT2D eigenvalue weighted by atomic mass is 19.4. The van der Waals surface area contributed by atoms with E-state index in [-0.39, 0.29) is 23.0 Å². The highest BCUT2D eigenvalue weighted by Gasteiger charge is 2.41. The molecule has 0 aliphatic heterocycles. The number of nitrogens with one attached hydrogen (secondary N) is 1. The van der Waals surface area contributed by atoms with E-state index >= 15 is 0 Å². The Balaban J connectivity index is 1.75. The molecule has 3 rings (SSSR count). The van der Waals surface area contributed by atoms with Gasteiger partial charge in [0.1, 0.15) is 0 Å². The molecule has 0 saturated heterocycles. The molecule has 2 amide bonds. The Morgan fingerprint density at radius 3 is 2.50 bits per heavy atom. The predicted molar refractivity (Wildman–Crippen MR) is 109 cm³/mol. The van der Waals surface area contributed by atoms with E-state index in [4.69, 9.17) is 0 Å². The van der Waals surface area contributed by atoms with Crippen molar-refractivity contribution < 1.29 is 27.9 Å². The number of amides is 2. The van der Waals surface area contributed by atoms with Crippen molar-refractivity contribution in [1.29, 1.82) is 0 Å². The summed E-state index contributed by atoms with van der Waals surface area (Å²) in [5.41, 5.74) is 0.104. The van der Waals surface area contributed by atoms with Crippen LogP contribution >= 0.6 is 0 Å². The molecule has 0 aliphatic rings. The van der Waals surface area contributed by atoms with Crippen LogP contribution in [0.1, 0.15) is 16.1 Å². The van der Waals surface area contributed by atoms with Crippen LogP contribution < -0.4 is 10.9 Å². The van der Waals surface area contributed by atoms with Gasteiger partial charge >= 0.3 is 12.1 Å². The summed E-state index contributed by atoms with van der Waals surface area (Å²) in [4.78, 5) is 40.4. The molecule has 0 atom stereocenters. The predicted octanol–water partition coefficient (Wildman–Crippen LogP) is 1.90. The molecule has 1 aromatic carbocycles. The minimum absolute atomic E-state index is 0.105. The molecule has 11 heteroatoms. The molecule has 0 aliphatic carbocycles. The number of carbonyl (C=O) groups is 2. The van der Waals surface area contributed by atoms with Gasteiger partial charge in [0, 0.05) is 37.9 Å². The average molecular weight is 448 g/mol. The number of likely N-dealkylation sites (N-methyl/N-ethyl adjacent to an activating group) is 1. The second-order valence-corrected chi connectivity index (χ2v) is 7.00. The Morgan fingerprint density at radius 2 is 1.84 bits per heavy atom. The number of fused-ring (bicyclic) bond motifs is 1. The zero-order valence-corrected chi connectivity index (χ0v) is 16.9. The maximum Gasteiger partial charge on any atom is 0.471 e. The number of hydrogen-bond donors (Lipinski definition) is 2. The standard InChI is InChI=1S/C21H19F3N4O4/c1-27(20(32)21(22,23)24)10-8-25-18(30)16-17(29)14-7-9-28(19(31)15(14)11-26-16)12-13-5-3-2-4-6-13/h2-7,9,11,29H,8,10,12H2,1H3,(H,25,30). The number of rotatable bonds is 6. The molecule has 8 nitrogen and oxygen atoms in total. The second kappa shape index (κ2) is 9.08. The van der Waals surface area contributed by atoms with Gasteiger partial charge in [-0.2, -0.15) is 13.2 Å². The molecule has 0 saturated carbocycles. The first kappa shape index (κ1) is 22.8. The molecule has 2 heterocycles. The van der Waals surface area contributed by atoms with Gasteiger partial charge < -0.3 is 19.9 Å². The zero-order chi connectivity index (χ0) is 23.5. The van der Waals surface area contributed by atoms with Crippen LogP contribution in [-0.4, -0.2) is 57.7 Å². The number of benzene rings is 1. The van der Waals surface area contributed by atoms with Gasteiger partial charge in [-0.15, -0.1) is 0 Å². The lowest BCUT2D eigenvalue weighted by atomic mass is 10.1. The minimum atomic E-state index is -5.01. The third kappa shape index (κ3) is 4.88. The van der Waals surface area contributed by atoms with Crippen LogP contribution in [0.2, 0.25) is 0 Å². The molecule has 0 bridgehead atoms. The molecule has 2 aromatic heterocycles. The maximum atomic E-state index is 12.7.